The number of carbonyl (C=O) groups excluding carboxylic acids is 1. The van der Waals surface area contributed by atoms with Crippen molar-refractivity contribution in [1.29, 1.82) is 0 Å². The lowest BCUT2D eigenvalue weighted by Gasteiger charge is -2.30. The van der Waals surface area contributed by atoms with Gasteiger partial charge < -0.3 is 10.4 Å². The van der Waals surface area contributed by atoms with Crippen LogP contribution in [0.2, 0.25) is 0 Å². The molecule has 1 amide bonds. The summed E-state index contributed by atoms with van der Waals surface area (Å²) in [7, 11) is -3.51. The second-order valence-corrected chi connectivity index (χ2v) is 7.97. The van der Waals surface area contributed by atoms with E-state index in [1.54, 1.807) is 42.5 Å². The molecule has 2 aromatic carbocycles. The Morgan fingerprint density at radius 1 is 1.04 bits per heavy atom. The van der Waals surface area contributed by atoms with Gasteiger partial charge in [-0.1, -0.05) is 24.3 Å². The second kappa shape index (κ2) is 7.25. The SMILES string of the molecule is O=C(Nc1cccc(O)c1)C1CCN(S(=O)(=O)c2ccccc2)CC1. The Balaban J connectivity index is 1.61. The summed E-state index contributed by atoms with van der Waals surface area (Å²) in [6.07, 6.45) is 0.938. The molecule has 0 saturated carbocycles. The van der Waals surface area contributed by atoms with Gasteiger partial charge in [-0.15, -0.1) is 0 Å². The molecule has 0 bridgehead atoms. The van der Waals surface area contributed by atoms with Crippen LogP contribution in [0.3, 0.4) is 0 Å². The van der Waals surface area contributed by atoms with Crippen molar-refractivity contribution in [3.63, 3.8) is 0 Å². The molecule has 2 aromatic rings. The minimum absolute atomic E-state index is 0.0848. The highest BCUT2D eigenvalue weighted by Gasteiger charge is 2.32. The summed E-state index contributed by atoms with van der Waals surface area (Å²) >= 11 is 0. The summed E-state index contributed by atoms with van der Waals surface area (Å²) < 4.78 is 26.6. The van der Waals surface area contributed by atoms with E-state index in [2.05, 4.69) is 5.32 Å². The number of carbonyl (C=O) groups is 1. The van der Waals surface area contributed by atoms with E-state index in [9.17, 15) is 18.3 Å². The molecule has 2 N–H and O–H groups in total. The number of nitrogens with zero attached hydrogens (tertiary/aromatic N) is 1. The maximum Gasteiger partial charge on any atom is 0.243 e. The summed E-state index contributed by atoms with van der Waals surface area (Å²) in [5.74, 6) is -0.312. The van der Waals surface area contributed by atoms with Crippen molar-refractivity contribution in [2.45, 2.75) is 17.7 Å². The summed E-state index contributed by atoms with van der Waals surface area (Å²) in [6, 6.07) is 14.7. The van der Waals surface area contributed by atoms with E-state index >= 15 is 0 Å². The average Bonchev–Trinajstić information content (AvgIpc) is 2.62. The molecule has 0 radical (unpaired) electrons. The number of nitrogens with one attached hydrogen (secondary N) is 1. The zero-order valence-corrected chi connectivity index (χ0v) is 14.4. The fraction of sp³-hybridized carbons (Fsp3) is 0.278. The summed E-state index contributed by atoms with van der Waals surface area (Å²) in [5, 5.41) is 12.2. The monoisotopic (exact) mass is 360 g/mol. The zero-order valence-electron chi connectivity index (χ0n) is 13.6. The third kappa shape index (κ3) is 4.00. The van der Waals surface area contributed by atoms with Gasteiger partial charge in [0.25, 0.3) is 0 Å². The number of phenolic OH excluding ortho intramolecular Hbond substituents is 1. The number of hydrogen-bond acceptors (Lipinski definition) is 4. The van der Waals surface area contributed by atoms with Gasteiger partial charge in [0.15, 0.2) is 0 Å². The third-order valence-electron chi connectivity index (χ3n) is 4.32. The molecule has 1 aliphatic rings. The normalized spacial score (nSPS) is 16.5. The molecule has 132 valence electrons. The first-order chi connectivity index (χ1) is 12.0. The molecular weight excluding hydrogens is 340 g/mol. The van der Waals surface area contributed by atoms with Gasteiger partial charge in [0.2, 0.25) is 15.9 Å². The number of rotatable bonds is 4. The Morgan fingerprint density at radius 2 is 1.72 bits per heavy atom. The molecule has 3 rings (SSSR count). The van der Waals surface area contributed by atoms with Crippen molar-refractivity contribution in [2.24, 2.45) is 5.92 Å². The van der Waals surface area contributed by atoms with E-state index < -0.39 is 10.0 Å². The molecule has 25 heavy (non-hydrogen) atoms. The van der Waals surface area contributed by atoms with E-state index in [1.807, 2.05) is 0 Å². The molecule has 1 aliphatic heterocycles. The zero-order chi connectivity index (χ0) is 17.9. The van der Waals surface area contributed by atoms with Crippen LogP contribution in [-0.4, -0.2) is 36.8 Å². The predicted molar refractivity (Wildman–Crippen MR) is 94.7 cm³/mol. The number of phenols is 1. The van der Waals surface area contributed by atoms with Crippen molar-refractivity contribution < 1.29 is 18.3 Å². The Bertz CT molecular complexity index is 844. The molecular formula is C18H20N2O4S. The standard InChI is InChI=1S/C18H20N2O4S/c21-16-6-4-5-15(13-16)19-18(22)14-9-11-20(12-10-14)25(23,24)17-7-2-1-3-8-17/h1-8,13-14,21H,9-12H2,(H,19,22). The van der Waals surface area contributed by atoms with Gasteiger partial charge in [-0.05, 0) is 37.1 Å². The molecule has 1 fully saturated rings. The van der Waals surface area contributed by atoms with E-state index in [0.717, 1.165) is 0 Å². The molecule has 0 unspecified atom stereocenters. The summed E-state index contributed by atoms with van der Waals surface area (Å²) in [4.78, 5) is 12.6. The Labute approximate surface area is 147 Å². The van der Waals surface area contributed by atoms with Crippen molar-refractivity contribution >= 4 is 21.6 Å². The Hall–Kier alpha value is -2.38. The van der Waals surface area contributed by atoms with Gasteiger partial charge in [0, 0.05) is 30.8 Å². The van der Waals surface area contributed by atoms with E-state index in [0.29, 0.717) is 31.6 Å². The Kier molecular flexibility index (Phi) is 5.06. The smallest absolute Gasteiger partial charge is 0.243 e. The van der Waals surface area contributed by atoms with Gasteiger partial charge >= 0.3 is 0 Å². The van der Waals surface area contributed by atoms with Gasteiger partial charge in [-0.25, -0.2) is 8.42 Å². The largest absolute Gasteiger partial charge is 0.508 e. The molecule has 1 heterocycles. The number of sulfonamides is 1. The molecule has 1 saturated heterocycles. The maximum absolute atomic E-state index is 12.6. The number of benzene rings is 2. The number of hydrogen-bond donors (Lipinski definition) is 2. The average molecular weight is 360 g/mol. The topological polar surface area (TPSA) is 86.7 Å². The molecule has 7 heteroatoms. The molecule has 0 atom stereocenters. The minimum atomic E-state index is -3.51. The van der Waals surface area contributed by atoms with Crippen LogP contribution < -0.4 is 5.32 Å². The van der Waals surface area contributed by atoms with Gasteiger partial charge in [0.1, 0.15) is 5.75 Å². The minimum Gasteiger partial charge on any atom is -0.508 e. The van der Waals surface area contributed by atoms with E-state index in [1.165, 1.54) is 16.4 Å². The first-order valence-corrected chi connectivity index (χ1v) is 9.56. The molecule has 0 spiro atoms. The van der Waals surface area contributed by atoms with E-state index in [4.69, 9.17) is 0 Å². The van der Waals surface area contributed by atoms with Gasteiger partial charge in [0.05, 0.1) is 4.90 Å². The van der Waals surface area contributed by atoms with Crippen molar-refractivity contribution in [3.05, 3.63) is 54.6 Å². The van der Waals surface area contributed by atoms with Crippen LogP contribution in [0.15, 0.2) is 59.5 Å². The first kappa shape index (κ1) is 17.4. The van der Waals surface area contributed by atoms with Crippen LogP contribution in [0.4, 0.5) is 5.69 Å². The van der Waals surface area contributed by atoms with Crippen LogP contribution in [0.5, 0.6) is 5.75 Å². The highest BCUT2D eigenvalue weighted by atomic mass is 32.2. The quantitative estimate of drug-likeness (QED) is 0.877. The third-order valence-corrected chi connectivity index (χ3v) is 6.23. The van der Waals surface area contributed by atoms with E-state index in [-0.39, 0.29) is 22.5 Å². The van der Waals surface area contributed by atoms with Crippen LogP contribution in [-0.2, 0) is 14.8 Å². The van der Waals surface area contributed by atoms with Crippen LogP contribution in [0.25, 0.3) is 0 Å². The predicted octanol–water partition coefficient (Wildman–Crippen LogP) is 2.43. The highest BCUT2D eigenvalue weighted by molar-refractivity contribution is 7.89. The number of piperidine rings is 1. The lowest BCUT2D eigenvalue weighted by atomic mass is 9.97. The fourth-order valence-electron chi connectivity index (χ4n) is 2.93. The highest BCUT2D eigenvalue weighted by Crippen LogP contribution is 2.25. The van der Waals surface area contributed by atoms with Crippen molar-refractivity contribution in [1.82, 2.24) is 4.31 Å². The van der Waals surface area contributed by atoms with Crippen molar-refractivity contribution in [2.75, 3.05) is 18.4 Å². The summed E-state index contributed by atoms with van der Waals surface area (Å²) in [6.45, 7) is 0.630. The Morgan fingerprint density at radius 3 is 2.36 bits per heavy atom. The molecule has 6 nitrogen and oxygen atoms in total. The van der Waals surface area contributed by atoms with Crippen LogP contribution >= 0.6 is 0 Å². The number of amides is 1. The fourth-order valence-corrected chi connectivity index (χ4v) is 4.42. The maximum atomic E-state index is 12.6. The second-order valence-electron chi connectivity index (χ2n) is 6.03. The van der Waals surface area contributed by atoms with Crippen LogP contribution in [0.1, 0.15) is 12.8 Å². The molecule has 0 aliphatic carbocycles. The van der Waals surface area contributed by atoms with Crippen molar-refractivity contribution in [3.8, 4) is 5.75 Å². The molecule has 0 aromatic heterocycles. The summed E-state index contributed by atoms with van der Waals surface area (Å²) in [5.41, 5.74) is 0.532. The van der Waals surface area contributed by atoms with Gasteiger partial charge in [-0.2, -0.15) is 4.31 Å². The number of aromatic hydroxyl groups is 1. The first-order valence-electron chi connectivity index (χ1n) is 8.12. The van der Waals surface area contributed by atoms with Crippen LogP contribution in [0, 0.1) is 5.92 Å². The lowest BCUT2D eigenvalue weighted by Crippen LogP contribution is -2.41. The van der Waals surface area contributed by atoms with Gasteiger partial charge in [-0.3, -0.25) is 4.79 Å². The lowest BCUT2D eigenvalue weighted by molar-refractivity contribution is -0.120. The number of anilines is 1.